The number of thiophene rings is 1. The van der Waals surface area contributed by atoms with Gasteiger partial charge in [-0.05, 0) is 47.8 Å². The fourth-order valence-electron chi connectivity index (χ4n) is 1.70. The van der Waals surface area contributed by atoms with E-state index >= 15 is 0 Å². The minimum absolute atomic E-state index is 0.819. The third-order valence-corrected chi connectivity index (χ3v) is 3.46. The van der Waals surface area contributed by atoms with Crippen LogP contribution in [-0.4, -0.2) is 0 Å². The lowest BCUT2D eigenvalue weighted by Gasteiger charge is -1.94. The smallest absolute Gasteiger partial charge is 0.0857 e. The van der Waals surface area contributed by atoms with E-state index in [1.807, 2.05) is 71.4 Å². The minimum Gasteiger partial charge on any atom is -0.151 e. The lowest BCUT2D eigenvalue weighted by atomic mass is 10.2. The van der Waals surface area contributed by atoms with Crippen molar-refractivity contribution in [3.05, 3.63) is 82.6 Å². The van der Waals surface area contributed by atoms with E-state index in [2.05, 4.69) is 22.1 Å². The van der Waals surface area contributed by atoms with Crippen molar-refractivity contribution in [2.75, 3.05) is 0 Å². The van der Waals surface area contributed by atoms with Gasteiger partial charge in [0.15, 0.2) is 0 Å². The molecule has 0 unspecified atom stereocenters. The Morgan fingerprint density at radius 2 is 1.33 bits per heavy atom. The molecule has 1 aromatic heterocycles. The maximum absolute atomic E-state index is 4.21. The molecule has 0 saturated heterocycles. The number of hydrogen-bond donors (Lipinski definition) is 0. The fourth-order valence-corrected chi connectivity index (χ4v) is 2.29. The first-order valence-electron chi connectivity index (χ1n) is 6.51. The van der Waals surface area contributed by atoms with Crippen molar-refractivity contribution in [2.45, 2.75) is 0 Å². The van der Waals surface area contributed by atoms with Gasteiger partial charge in [0.1, 0.15) is 0 Å². The Hall–Kier alpha value is -2.70. The highest BCUT2D eigenvalue weighted by Gasteiger charge is 1.91. The molecule has 0 aliphatic heterocycles. The van der Waals surface area contributed by atoms with Crippen LogP contribution >= 0.6 is 11.3 Å². The molecule has 0 fully saturated rings. The van der Waals surface area contributed by atoms with E-state index in [4.69, 9.17) is 0 Å². The Labute approximate surface area is 127 Å². The van der Waals surface area contributed by atoms with Gasteiger partial charge in [-0.2, -0.15) is 21.6 Å². The zero-order valence-corrected chi connectivity index (χ0v) is 12.0. The molecular formula is C18H12N2S. The zero-order chi connectivity index (χ0) is 14.3. The summed E-state index contributed by atoms with van der Waals surface area (Å²) in [5.41, 5.74) is 3.69. The zero-order valence-electron chi connectivity index (χ0n) is 11.2. The van der Waals surface area contributed by atoms with E-state index in [0.29, 0.717) is 0 Å². The van der Waals surface area contributed by atoms with Crippen LogP contribution in [0.1, 0.15) is 11.1 Å². The summed E-state index contributed by atoms with van der Waals surface area (Å²) in [6.07, 6.45) is 0. The lowest BCUT2D eigenvalue weighted by Crippen LogP contribution is -1.73. The van der Waals surface area contributed by atoms with E-state index < -0.39 is 0 Å². The third kappa shape index (κ3) is 3.88. The van der Waals surface area contributed by atoms with Crippen molar-refractivity contribution in [3.8, 4) is 11.8 Å². The Morgan fingerprint density at radius 3 is 2.00 bits per heavy atom. The maximum atomic E-state index is 4.21. The number of azo groups is 1. The standard InChI is InChI=1S/C18H12N2S/c1-2-4-17(5-3-1)19-20-18-10-8-15(9-11-18)6-7-16-12-13-21-14-16/h1-5,8-14H. The van der Waals surface area contributed by atoms with E-state index in [0.717, 1.165) is 22.5 Å². The summed E-state index contributed by atoms with van der Waals surface area (Å²) >= 11 is 1.65. The van der Waals surface area contributed by atoms with Crippen LogP contribution in [0.15, 0.2) is 81.7 Å². The quantitative estimate of drug-likeness (QED) is 0.435. The molecule has 2 nitrogen and oxygen atoms in total. The highest BCUT2D eigenvalue weighted by Crippen LogP contribution is 2.18. The molecule has 0 spiro atoms. The predicted molar refractivity (Wildman–Crippen MR) is 87.4 cm³/mol. The molecule has 0 saturated carbocycles. The average Bonchev–Trinajstić information content (AvgIpc) is 3.06. The summed E-state index contributed by atoms with van der Waals surface area (Å²) in [5, 5.41) is 12.5. The first-order chi connectivity index (χ1) is 10.4. The van der Waals surface area contributed by atoms with Gasteiger partial charge < -0.3 is 0 Å². The lowest BCUT2D eigenvalue weighted by molar-refractivity contribution is 1.23. The molecule has 21 heavy (non-hydrogen) atoms. The summed E-state index contributed by atoms with van der Waals surface area (Å²) < 4.78 is 0. The van der Waals surface area contributed by atoms with Crippen molar-refractivity contribution < 1.29 is 0 Å². The Kier molecular flexibility index (Phi) is 4.21. The Bertz CT molecular complexity index is 777. The fraction of sp³-hybridized carbons (Fsp3) is 0. The van der Waals surface area contributed by atoms with Gasteiger partial charge in [0.2, 0.25) is 0 Å². The van der Waals surface area contributed by atoms with Crippen molar-refractivity contribution in [1.29, 1.82) is 0 Å². The predicted octanol–water partition coefficient (Wildman–Crippen LogP) is 5.56. The van der Waals surface area contributed by atoms with Crippen LogP contribution in [0.5, 0.6) is 0 Å². The van der Waals surface area contributed by atoms with Gasteiger partial charge in [0.05, 0.1) is 11.4 Å². The topological polar surface area (TPSA) is 24.7 Å². The summed E-state index contributed by atoms with van der Waals surface area (Å²) in [6, 6.07) is 19.5. The molecule has 0 amide bonds. The van der Waals surface area contributed by atoms with Gasteiger partial charge in [0.25, 0.3) is 0 Å². The number of benzene rings is 2. The van der Waals surface area contributed by atoms with Gasteiger partial charge in [-0.1, -0.05) is 30.0 Å². The molecule has 3 heteroatoms. The van der Waals surface area contributed by atoms with Crippen LogP contribution in [0, 0.1) is 11.8 Å². The van der Waals surface area contributed by atoms with Crippen LogP contribution in [0.2, 0.25) is 0 Å². The summed E-state index contributed by atoms with van der Waals surface area (Å²) in [7, 11) is 0. The van der Waals surface area contributed by atoms with Gasteiger partial charge >= 0.3 is 0 Å². The normalized spacial score (nSPS) is 10.3. The SMILES string of the molecule is C(#Cc1ccsc1)c1ccc(N=Nc2ccccc2)cc1. The van der Waals surface area contributed by atoms with Crippen LogP contribution in [-0.2, 0) is 0 Å². The molecule has 0 bridgehead atoms. The summed E-state index contributed by atoms with van der Waals surface area (Å²) in [4.78, 5) is 0. The minimum atomic E-state index is 0.819. The van der Waals surface area contributed by atoms with Crippen LogP contribution in [0.4, 0.5) is 11.4 Å². The van der Waals surface area contributed by atoms with Crippen LogP contribution in [0.3, 0.4) is 0 Å². The third-order valence-electron chi connectivity index (χ3n) is 2.78. The highest BCUT2D eigenvalue weighted by molar-refractivity contribution is 7.08. The van der Waals surface area contributed by atoms with Crippen molar-refractivity contribution >= 4 is 22.7 Å². The van der Waals surface area contributed by atoms with E-state index in [1.54, 1.807) is 11.3 Å². The van der Waals surface area contributed by atoms with Crippen LogP contribution in [0.25, 0.3) is 0 Å². The van der Waals surface area contributed by atoms with Gasteiger partial charge in [0, 0.05) is 16.5 Å². The van der Waals surface area contributed by atoms with Crippen molar-refractivity contribution in [2.24, 2.45) is 10.2 Å². The number of nitrogens with zero attached hydrogens (tertiary/aromatic N) is 2. The Morgan fingerprint density at radius 1 is 0.667 bits per heavy atom. The average molecular weight is 288 g/mol. The maximum Gasteiger partial charge on any atom is 0.0857 e. The van der Waals surface area contributed by atoms with Gasteiger partial charge in [-0.15, -0.1) is 0 Å². The van der Waals surface area contributed by atoms with Crippen LogP contribution < -0.4 is 0 Å². The highest BCUT2D eigenvalue weighted by atomic mass is 32.1. The second kappa shape index (κ2) is 6.65. The Balaban J connectivity index is 1.71. The van der Waals surface area contributed by atoms with Crippen molar-refractivity contribution in [3.63, 3.8) is 0 Å². The molecule has 0 radical (unpaired) electrons. The van der Waals surface area contributed by atoms with E-state index in [1.165, 1.54) is 0 Å². The monoisotopic (exact) mass is 288 g/mol. The molecule has 1 heterocycles. The second-order valence-electron chi connectivity index (χ2n) is 4.34. The first-order valence-corrected chi connectivity index (χ1v) is 7.45. The molecule has 0 aliphatic rings. The van der Waals surface area contributed by atoms with E-state index in [-0.39, 0.29) is 0 Å². The molecule has 3 rings (SSSR count). The molecule has 0 N–H and O–H groups in total. The molecule has 2 aromatic carbocycles. The summed E-state index contributed by atoms with van der Waals surface area (Å²) in [6.45, 7) is 0. The van der Waals surface area contributed by atoms with Gasteiger partial charge in [-0.3, -0.25) is 0 Å². The molecular weight excluding hydrogens is 276 g/mol. The molecule has 3 aromatic rings. The first kappa shape index (κ1) is 13.3. The number of rotatable bonds is 2. The summed E-state index contributed by atoms with van der Waals surface area (Å²) in [5.74, 6) is 6.26. The van der Waals surface area contributed by atoms with Crippen molar-refractivity contribution in [1.82, 2.24) is 0 Å². The molecule has 0 aliphatic carbocycles. The number of hydrogen-bond acceptors (Lipinski definition) is 3. The largest absolute Gasteiger partial charge is 0.151 e. The van der Waals surface area contributed by atoms with E-state index in [9.17, 15) is 0 Å². The molecule has 100 valence electrons. The second-order valence-corrected chi connectivity index (χ2v) is 5.12. The van der Waals surface area contributed by atoms with Gasteiger partial charge in [-0.25, -0.2) is 0 Å². The molecule has 0 atom stereocenters.